The minimum Gasteiger partial charge on any atom is -0.340 e. The first-order valence-corrected chi connectivity index (χ1v) is 7.36. The van der Waals surface area contributed by atoms with E-state index in [9.17, 15) is 0 Å². The molecule has 0 aliphatic heterocycles. The van der Waals surface area contributed by atoms with Crippen molar-refractivity contribution in [2.45, 2.75) is 25.7 Å². The van der Waals surface area contributed by atoms with Crippen LogP contribution in [0.3, 0.4) is 0 Å². The molecule has 19 heavy (non-hydrogen) atoms. The predicted octanol–water partition coefficient (Wildman–Crippen LogP) is 4.82. The molecule has 1 aromatic heterocycles. The van der Waals surface area contributed by atoms with Gasteiger partial charge in [0.1, 0.15) is 16.8 Å². The number of rotatable bonds is 3. The van der Waals surface area contributed by atoms with Gasteiger partial charge in [0.2, 0.25) is 0 Å². The van der Waals surface area contributed by atoms with E-state index in [-0.39, 0.29) is 0 Å². The van der Waals surface area contributed by atoms with Crippen LogP contribution in [-0.2, 0) is 0 Å². The number of nitrogens with one attached hydrogen (secondary N) is 1. The van der Waals surface area contributed by atoms with E-state index in [2.05, 4.69) is 44.2 Å². The summed E-state index contributed by atoms with van der Waals surface area (Å²) in [7, 11) is 0. The summed E-state index contributed by atoms with van der Waals surface area (Å²) in [4.78, 5) is 8.82. The molecule has 1 N–H and O–H groups in total. The van der Waals surface area contributed by atoms with Crippen LogP contribution in [0.2, 0.25) is 5.15 Å². The quantitative estimate of drug-likeness (QED) is 0.815. The molecule has 1 aliphatic carbocycles. The molecular weight excluding hydrogens is 326 g/mol. The van der Waals surface area contributed by atoms with Crippen LogP contribution in [0, 0.1) is 6.92 Å². The summed E-state index contributed by atoms with van der Waals surface area (Å²) in [6, 6.07) is 7.86. The van der Waals surface area contributed by atoms with Crippen molar-refractivity contribution in [2.75, 3.05) is 5.32 Å². The third-order valence-corrected chi connectivity index (χ3v) is 3.80. The summed E-state index contributed by atoms with van der Waals surface area (Å²) in [5, 5.41) is 3.80. The summed E-state index contributed by atoms with van der Waals surface area (Å²) in [6.45, 7) is 2.05. The van der Waals surface area contributed by atoms with Crippen molar-refractivity contribution in [3.63, 3.8) is 0 Å². The Morgan fingerprint density at radius 1 is 1.26 bits per heavy atom. The van der Waals surface area contributed by atoms with E-state index in [0.717, 1.165) is 40.2 Å². The second-order valence-corrected chi connectivity index (χ2v) is 6.10. The Balaban J connectivity index is 1.92. The maximum atomic E-state index is 6.06. The Morgan fingerprint density at radius 3 is 2.79 bits per heavy atom. The fourth-order valence-electron chi connectivity index (χ4n) is 1.89. The maximum absolute atomic E-state index is 6.06. The van der Waals surface area contributed by atoms with Gasteiger partial charge in [-0.15, -0.1) is 0 Å². The normalized spacial score (nSPS) is 14.5. The summed E-state index contributed by atoms with van der Waals surface area (Å²) in [6.07, 6.45) is 2.32. The smallest absolute Gasteiger partial charge is 0.135 e. The van der Waals surface area contributed by atoms with E-state index >= 15 is 0 Å². The standard InChI is InChI=1S/C14H13BrClN3/c1-8-2-5-10(15)6-11(8)17-13-7-12(16)18-14(19-13)9-3-4-9/h2,5-7,9H,3-4H2,1H3,(H,17,18,19). The van der Waals surface area contributed by atoms with Gasteiger partial charge >= 0.3 is 0 Å². The zero-order chi connectivity index (χ0) is 13.4. The molecule has 3 rings (SSSR count). The number of nitrogens with zero attached hydrogens (tertiary/aromatic N) is 2. The van der Waals surface area contributed by atoms with E-state index in [4.69, 9.17) is 11.6 Å². The highest BCUT2D eigenvalue weighted by Crippen LogP contribution is 2.39. The SMILES string of the molecule is Cc1ccc(Br)cc1Nc1cc(Cl)nc(C2CC2)n1. The lowest BCUT2D eigenvalue weighted by atomic mass is 10.2. The average Bonchev–Trinajstić information content (AvgIpc) is 3.17. The van der Waals surface area contributed by atoms with E-state index in [1.165, 1.54) is 0 Å². The fourth-order valence-corrected chi connectivity index (χ4v) is 2.44. The highest BCUT2D eigenvalue weighted by molar-refractivity contribution is 9.10. The lowest BCUT2D eigenvalue weighted by Crippen LogP contribution is -2.00. The van der Waals surface area contributed by atoms with Crippen molar-refractivity contribution in [3.05, 3.63) is 45.3 Å². The van der Waals surface area contributed by atoms with Crippen molar-refractivity contribution in [1.82, 2.24) is 9.97 Å². The summed E-state index contributed by atoms with van der Waals surface area (Å²) >= 11 is 9.53. The molecule has 0 atom stereocenters. The Kier molecular flexibility index (Phi) is 3.46. The number of halogens is 2. The molecule has 0 saturated heterocycles. The Labute approximate surface area is 125 Å². The van der Waals surface area contributed by atoms with Crippen molar-refractivity contribution in [3.8, 4) is 0 Å². The van der Waals surface area contributed by atoms with Crippen LogP contribution in [0.5, 0.6) is 0 Å². The first kappa shape index (κ1) is 12.9. The van der Waals surface area contributed by atoms with Gasteiger partial charge in [0.05, 0.1) is 0 Å². The van der Waals surface area contributed by atoms with Crippen molar-refractivity contribution < 1.29 is 0 Å². The molecule has 3 nitrogen and oxygen atoms in total. The Hall–Kier alpha value is -1.13. The van der Waals surface area contributed by atoms with Gasteiger partial charge in [-0.05, 0) is 37.5 Å². The minimum atomic E-state index is 0.489. The van der Waals surface area contributed by atoms with E-state index in [1.807, 2.05) is 12.1 Å². The van der Waals surface area contributed by atoms with E-state index in [1.54, 1.807) is 6.07 Å². The molecule has 1 heterocycles. The molecule has 1 fully saturated rings. The Bertz CT molecular complexity index is 626. The molecule has 0 bridgehead atoms. The van der Waals surface area contributed by atoms with Crippen LogP contribution < -0.4 is 5.32 Å². The molecule has 0 radical (unpaired) electrons. The Morgan fingerprint density at radius 2 is 2.05 bits per heavy atom. The molecule has 98 valence electrons. The van der Waals surface area contributed by atoms with Crippen molar-refractivity contribution in [2.24, 2.45) is 0 Å². The highest BCUT2D eigenvalue weighted by atomic mass is 79.9. The van der Waals surface area contributed by atoms with Crippen LogP contribution in [0.15, 0.2) is 28.7 Å². The third kappa shape index (κ3) is 3.07. The van der Waals surface area contributed by atoms with Crippen molar-refractivity contribution >= 4 is 39.0 Å². The molecule has 0 amide bonds. The van der Waals surface area contributed by atoms with Gasteiger partial charge < -0.3 is 5.32 Å². The number of aromatic nitrogens is 2. The van der Waals surface area contributed by atoms with Crippen LogP contribution in [0.4, 0.5) is 11.5 Å². The number of hydrogen-bond donors (Lipinski definition) is 1. The minimum absolute atomic E-state index is 0.489. The zero-order valence-corrected chi connectivity index (χ0v) is 12.8. The number of aryl methyl sites for hydroxylation is 1. The van der Waals surface area contributed by atoms with Gasteiger partial charge in [0.15, 0.2) is 0 Å². The topological polar surface area (TPSA) is 37.8 Å². The van der Waals surface area contributed by atoms with Crippen LogP contribution >= 0.6 is 27.5 Å². The molecule has 1 saturated carbocycles. The second-order valence-electron chi connectivity index (χ2n) is 4.79. The van der Waals surface area contributed by atoms with Gasteiger partial charge in [-0.1, -0.05) is 33.6 Å². The second kappa shape index (κ2) is 5.10. The van der Waals surface area contributed by atoms with Crippen LogP contribution in [-0.4, -0.2) is 9.97 Å². The zero-order valence-electron chi connectivity index (χ0n) is 10.5. The van der Waals surface area contributed by atoms with E-state index < -0.39 is 0 Å². The molecule has 5 heteroatoms. The van der Waals surface area contributed by atoms with Crippen LogP contribution in [0.25, 0.3) is 0 Å². The van der Waals surface area contributed by atoms with E-state index in [0.29, 0.717) is 11.1 Å². The van der Waals surface area contributed by atoms with Crippen molar-refractivity contribution in [1.29, 1.82) is 0 Å². The number of benzene rings is 1. The summed E-state index contributed by atoms with van der Waals surface area (Å²) in [5.74, 6) is 2.09. The highest BCUT2D eigenvalue weighted by Gasteiger charge is 2.27. The van der Waals surface area contributed by atoms with Gasteiger partial charge in [-0.25, -0.2) is 9.97 Å². The first-order chi connectivity index (χ1) is 9.11. The molecule has 1 aliphatic rings. The van der Waals surface area contributed by atoms with Gasteiger partial charge in [-0.3, -0.25) is 0 Å². The number of hydrogen-bond acceptors (Lipinski definition) is 3. The molecular formula is C14H13BrClN3. The predicted molar refractivity (Wildman–Crippen MR) is 81.2 cm³/mol. The number of anilines is 2. The monoisotopic (exact) mass is 337 g/mol. The average molecular weight is 339 g/mol. The first-order valence-electron chi connectivity index (χ1n) is 6.19. The summed E-state index contributed by atoms with van der Waals surface area (Å²) in [5.41, 5.74) is 2.18. The third-order valence-electron chi connectivity index (χ3n) is 3.12. The summed E-state index contributed by atoms with van der Waals surface area (Å²) < 4.78 is 1.03. The lowest BCUT2D eigenvalue weighted by Gasteiger charge is -2.10. The van der Waals surface area contributed by atoms with Gasteiger partial charge in [0, 0.05) is 22.1 Å². The maximum Gasteiger partial charge on any atom is 0.135 e. The van der Waals surface area contributed by atoms with Gasteiger partial charge in [0.25, 0.3) is 0 Å². The van der Waals surface area contributed by atoms with Crippen LogP contribution in [0.1, 0.15) is 30.1 Å². The van der Waals surface area contributed by atoms with Gasteiger partial charge in [-0.2, -0.15) is 0 Å². The fraction of sp³-hybridized carbons (Fsp3) is 0.286. The molecule has 1 aromatic carbocycles. The molecule has 0 spiro atoms. The lowest BCUT2D eigenvalue weighted by molar-refractivity contribution is 0.930. The molecule has 2 aromatic rings. The largest absolute Gasteiger partial charge is 0.340 e. The molecule has 0 unspecified atom stereocenters.